The van der Waals surface area contributed by atoms with Gasteiger partial charge in [0, 0.05) is 12.1 Å². The number of carboxylic acids is 1. The van der Waals surface area contributed by atoms with E-state index in [0.29, 0.717) is 0 Å². The number of nitro benzene ring substituents is 1. The molecule has 0 unspecified atom stereocenters. The van der Waals surface area contributed by atoms with Gasteiger partial charge in [-0.15, -0.1) is 0 Å². The second-order valence-corrected chi connectivity index (χ2v) is 6.75. The van der Waals surface area contributed by atoms with Crippen LogP contribution in [0.4, 0.5) is 10.5 Å². The third-order valence-corrected chi connectivity index (χ3v) is 3.48. The minimum absolute atomic E-state index is 0.0343. The van der Waals surface area contributed by atoms with Crippen molar-refractivity contribution in [3.63, 3.8) is 0 Å². The van der Waals surface area contributed by atoms with E-state index in [2.05, 4.69) is 0 Å². The average Bonchev–Trinajstić information content (AvgIpc) is 3.26. The van der Waals surface area contributed by atoms with E-state index in [1.54, 1.807) is 20.8 Å². The molecule has 1 fully saturated rings. The first-order chi connectivity index (χ1) is 11.1. The van der Waals surface area contributed by atoms with E-state index in [1.165, 1.54) is 17.0 Å². The Labute approximate surface area is 139 Å². The summed E-state index contributed by atoms with van der Waals surface area (Å²) < 4.78 is 5.35. The Bertz CT molecular complexity index is 676. The van der Waals surface area contributed by atoms with Crippen LogP contribution < -0.4 is 0 Å². The van der Waals surface area contributed by atoms with Crippen LogP contribution in [-0.4, -0.2) is 38.6 Å². The summed E-state index contributed by atoms with van der Waals surface area (Å²) in [6, 6.07) is 3.53. The van der Waals surface area contributed by atoms with Crippen molar-refractivity contribution in [3.05, 3.63) is 39.4 Å². The van der Waals surface area contributed by atoms with E-state index in [-0.39, 0.29) is 29.4 Å². The van der Waals surface area contributed by atoms with Gasteiger partial charge in [-0.05, 0) is 45.7 Å². The smallest absolute Gasteiger partial charge is 0.410 e. The molecular formula is C16H20N2O6. The van der Waals surface area contributed by atoms with Crippen LogP contribution in [-0.2, 0) is 11.3 Å². The third-order valence-electron chi connectivity index (χ3n) is 3.48. The first-order valence-corrected chi connectivity index (χ1v) is 7.58. The number of ether oxygens (including phenoxy) is 1. The zero-order chi connectivity index (χ0) is 18.1. The zero-order valence-corrected chi connectivity index (χ0v) is 13.8. The van der Waals surface area contributed by atoms with Gasteiger partial charge in [-0.25, -0.2) is 9.59 Å². The van der Waals surface area contributed by atoms with Crippen molar-refractivity contribution in [2.24, 2.45) is 0 Å². The number of carbonyl (C=O) groups is 2. The lowest BCUT2D eigenvalue weighted by molar-refractivity contribution is -0.385. The van der Waals surface area contributed by atoms with Gasteiger partial charge in [0.15, 0.2) is 0 Å². The Hall–Kier alpha value is -2.64. The molecule has 1 aromatic rings. The van der Waals surface area contributed by atoms with Gasteiger partial charge >= 0.3 is 12.1 Å². The Balaban J connectivity index is 2.31. The maximum Gasteiger partial charge on any atom is 0.410 e. The van der Waals surface area contributed by atoms with Crippen LogP contribution in [0.15, 0.2) is 18.2 Å². The maximum atomic E-state index is 12.4. The fraction of sp³-hybridized carbons (Fsp3) is 0.500. The van der Waals surface area contributed by atoms with Crippen molar-refractivity contribution in [1.29, 1.82) is 0 Å². The number of benzene rings is 1. The second kappa shape index (κ2) is 6.46. The summed E-state index contributed by atoms with van der Waals surface area (Å²) in [6.07, 6.45) is 1.04. The topological polar surface area (TPSA) is 110 Å². The highest BCUT2D eigenvalue weighted by Gasteiger charge is 2.36. The summed E-state index contributed by atoms with van der Waals surface area (Å²) >= 11 is 0. The van der Waals surface area contributed by atoms with E-state index >= 15 is 0 Å². The highest BCUT2D eigenvalue weighted by atomic mass is 16.6. The molecule has 0 aromatic heterocycles. The Morgan fingerprint density at radius 3 is 2.46 bits per heavy atom. The van der Waals surface area contributed by atoms with E-state index in [4.69, 9.17) is 9.84 Å². The monoisotopic (exact) mass is 336 g/mol. The molecule has 1 aliphatic carbocycles. The van der Waals surface area contributed by atoms with Gasteiger partial charge in [0.05, 0.1) is 22.6 Å². The number of aromatic carboxylic acids is 1. The Morgan fingerprint density at radius 1 is 1.38 bits per heavy atom. The molecule has 1 saturated carbocycles. The molecule has 1 N–H and O–H groups in total. The van der Waals surface area contributed by atoms with Crippen LogP contribution in [0.1, 0.15) is 49.5 Å². The first kappa shape index (κ1) is 17.7. The highest BCUT2D eigenvalue weighted by molar-refractivity contribution is 5.88. The molecule has 2 rings (SSSR count). The summed E-state index contributed by atoms with van der Waals surface area (Å²) in [7, 11) is 0. The van der Waals surface area contributed by atoms with Gasteiger partial charge < -0.3 is 14.7 Å². The molecule has 0 aliphatic heterocycles. The fourth-order valence-corrected chi connectivity index (χ4v) is 2.26. The summed E-state index contributed by atoms with van der Waals surface area (Å²) in [6.45, 7) is 5.16. The molecule has 1 amide bonds. The number of carboxylic acid groups (broad SMARTS) is 1. The average molecular weight is 336 g/mol. The predicted molar refractivity (Wildman–Crippen MR) is 84.9 cm³/mol. The largest absolute Gasteiger partial charge is 0.478 e. The molecule has 0 saturated heterocycles. The molecule has 1 aliphatic rings. The van der Waals surface area contributed by atoms with Gasteiger partial charge in [0.1, 0.15) is 5.60 Å². The van der Waals surface area contributed by atoms with Crippen LogP contribution in [0.25, 0.3) is 0 Å². The number of nitro groups is 1. The minimum atomic E-state index is -1.18. The van der Waals surface area contributed by atoms with Crippen molar-refractivity contribution in [2.75, 3.05) is 0 Å². The summed E-state index contributed by atoms with van der Waals surface area (Å²) in [5, 5.41) is 20.3. The first-order valence-electron chi connectivity index (χ1n) is 7.58. The number of nitrogens with zero attached hydrogens (tertiary/aromatic N) is 2. The normalized spacial score (nSPS) is 14.1. The van der Waals surface area contributed by atoms with Crippen molar-refractivity contribution < 1.29 is 24.4 Å². The quantitative estimate of drug-likeness (QED) is 0.653. The SMILES string of the molecule is CC(C)(C)OC(=O)N(Cc1cc(C(=O)O)ccc1[N+](=O)[O-])C1CC1. The van der Waals surface area contributed by atoms with Crippen molar-refractivity contribution >= 4 is 17.7 Å². The van der Waals surface area contributed by atoms with Gasteiger partial charge in [0.25, 0.3) is 5.69 Å². The van der Waals surface area contributed by atoms with E-state index in [0.717, 1.165) is 18.9 Å². The molecule has 0 heterocycles. The van der Waals surface area contributed by atoms with Crippen molar-refractivity contribution in [1.82, 2.24) is 4.90 Å². The maximum absolute atomic E-state index is 12.4. The van der Waals surface area contributed by atoms with Crippen LogP contribution in [0.5, 0.6) is 0 Å². The number of hydrogen-bond donors (Lipinski definition) is 1. The number of amides is 1. The zero-order valence-electron chi connectivity index (χ0n) is 13.8. The molecule has 0 bridgehead atoms. The molecule has 8 nitrogen and oxygen atoms in total. The lowest BCUT2D eigenvalue weighted by atomic mass is 10.1. The molecule has 24 heavy (non-hydrogen) atoms. The summed E-state index contributed by atoms with van der Waals surface area (Å²) in [5.41, 5.74) is -0.776. The van der Waals surface area contributed by atoms with Crippen LogP contribution in [0.3, 0.4) is 0 Å². The third kappa shape index (κ3) is 4.43. The molecule has 0 spiro atoms. The molecule has 0 radical (unpaired) electrons. The minimum Gasteiger partial charge on any atom is -0.478 e. The molecular weight excluding hydrogens is 316 g/mol. The van der Waals surface area contributed by atoms with Gasteiger partial charge in [-0.3, -0.25) is 10.1 Å². The van der Waals surface area contributed by atoms with Crippen molar-refractivity contribution in [2.45, 2.75) is 51.8 Å². The van der Waals surface area contributed by atoms with Crippen LogP contribution >= 0.6 is 0 Å². The lowest BCUT2D eigenvalue weighted by Crippen LogP contribution is -2.38. The molecule has 0 atom stereocenters. The molecule has 130 valence electrons. The number of hydrogen-bond acceptors (Lipinski definition) is 5. The van der Waals surface area contributed by atoms with Crippen molar-refractivity contribution in [3.8, 4) is 0 Å². The Morgan fingerprint density at radius 2 is 2.00 bits per heavy atom. The lowest BCUT2D eigenvalue weighted by Gasteiger charge is -2.27. The van der Waals surface area contributed by atoms with Crippen LogP contribution in [0.2, 0.25) is 0 Å². The highest BCUT2D eigenvalue weighted by Crippen LogP contribution is 2.32. The Kier molecular flexibility index (Phi) is 4.77. The van der Waals surface area contributed by atoms with Gasteiger partial charge in [-0.1, -0.05) is 0 Å². The van der Waals surface area contributed by atoms with Crippen LogP contribution in [0, 0.1) is 10.1 Å². The van der Waals surface area contributed by atoms with E-state index in [1.807, 2.05) is 0 Å². The summed E-state index contributed by atoms with van der Waals surface area (Å²) in [4.78, 5) is 35.5. The number of rotatable bonds is 5. The standard InChI is InChI=1S/C16H20N2O6/c1-16(2,3)24-15(21)17(12-5-6-12)9-11-8-10(14(19)20)4-7-13(11)18(22)23/h4,7-8,12H,5-6,9H2,1-3H3,(H,19,20). The van der Waals surface area contributed by atoms with Gasteiger partial charge in [-0.2, -0.15) is 0 Å². The fourth-order valence-electron chi connectivity index (χ4n) is 2.26. The molecule has 1 aromatic carbocycles. The second-order valence-electron chi connectivity index (χ2n) is 6.75. The predicted octanol–water partition coefficient (Wildman–Crippen LogP) is 3.19. The molecule has 8 heteroatoms. The summed E-state index contributed by atoms with van der Waals surface area (Å²) in [5.74, 6) is -1.18. The van der Waals surface area contributed by atoms with E-state index < -0.39 is 22.6 Å². The van der Waals surface area contributed by atoms with Gasteiger partial charge in [0.2, 0.25) is 0 Å². The van der Waals surface area contributed by atoms with E-state index in [9.17, 15) is 19.7 Å². The number of carbonyl (C=O) groups excluding carboxylic acids is 1.